The van der Waals surface area contributed by atoms with E-state index in [9.17, 15) is 0 Å². The van der Waals surface area contributed by atoms with Crippen LogP contribution in [0.2, 0.25) is 0 Å². The fraction of sp³-hybridized carbons (Fsp3) is 0. The first-order chi connectivity index (χ1) is 26.7. The number of para-hydroxylation sites is 2. The summed E-state index contributed by atoms with van der Waals surface area (Å²) in [5, 5.41) is 8.74. The summed E-state index contributed by atoms with van der Waals surface area (Å²) in [6.07, 6.45) is 0. The predicted molar refractivity (Wildman–Crippen MR) is 226 cm³/mol. The fourth-order valence-corrected chi connectivity index (χ4v) is 10.5. The highest BCUT2D eigenvalue weighted by molar-refractivity contribution is 7.85. The van der Waals surface area contributed by atoms with E-state index in [0.717, 1.165) is 87.3 Å². The van der Waals surface area contributed by atoms with Gasteiger partial charge in [0.15, 0.2) is 13.0 Å². The molecule has 0 atom stereocenters. The molecule has 254 valence electrons. The first-order valence-electron chi connectivity index (χ1n) is 18.1. The first-order valence-corrected chi connectivity index (χ1v) is 19.8. The second-order valence-electron chi connectivity index (χ2n) is 13.5. The van der Waals surface area contributed by atoms with Crippen molar-refractivity contribution in [3.8, 4) is 33.9 Å². The number of fused-ring (bicyclic) bond motifs is 6. The summed E-state index contributed by atoms with van der Waals surface area (Å²) in [4.78, 5) is 15.7. The van der Waals surface area contributed by atoms with Gasteiger partial charge >= 0.3 is 0 Å². The first kappa shape index (κ1) is 32.0. The zero-order chi connectivity index (χ0) is 36.1. The largest absolute Gasteiger partial charge is 0.309 e. The summed E-state index contributed by atoms with van der Waals surface area (Å²) in [7, 11) is -3.24. The van der Waals surface area contributed by atoms with E-state index >= 15 is 4.57 Å². The van der Waals surface area contributed by atoms with E-state index in [2.05, 4.69) is 84.9 Å². The Balaban J connectivity index is 1.29. The maximum atomic E-state index is 15.5. The van der Waals surface area contributed by atoms with E-state index in [-0.39, 0.29) is 0 Å². The van der Waals surface area contributed by atoms with Crippen molar-refractivity contribution in [2.24, 2.45) is 0 Å². The molecule has 0 saturated carbocycles. The van der Waals surface area contributed by atoms with Gasteiger partial charge in [0.25, 0.3) is 0 Å². The Hall–Kier alpha value is -6.74. The molecule has 10 rings (SSSR count). The van der Waals surface area contributed by atoms with Crippen LogP contribution in [0.3, 0.4) is 0 Å². The summed E-state index contributed by atoms with van der Waals surface area (Å²) < 4.78 is 15.5. The number of pyridine rings is 1. The normalized spacial score (nSPS) is 11.8. The van der Waals surface area contributed by atoms with Crippen LogP contribution in [-0.4, -0.2) is 15.0 Å². The topological polar surface area (TPSA) is 55.7 Å². The molecule has 4 nitrogen and oxygen atoms in total. The Labute approximate surface area is 312 Å². The number of aromatic nitrogens is 3. The van der Waals surface area contributed by atoms with Gasteiger partial charge in [-0.15, -0.1) is 0 Å². The van der Waals surface area contributed by atoms with Crippen LogP contribution < -0.4 is 15.9 Å². The van der Waals surface area contributed by atoms with Crippen LogP contribution in [0.15, 0.2) is 194 Å². The van der Waals surface area contributed by atoms with Crippen LogP contribution >= 0.6 is 7.14 Å². The maximum Gasteiger partial charge on any atom is 0.171 e. The van der Waals surface area contributed by atoms with Crippen molar-refractivity contribution >= 4 is 66.4 Å². The molecule has 0 aliphatic carbocycles. The highest BCUT2D eigenvalue weighted by Gasteiger charge is 2.30. The van der Waals surface area contributed by atoms with E-state index in [1.54, 1.807) is 0 Å². The third-order valence-corrected chi connectivity index (χ3v) is 13.4. The number of benzene rings is 8. The van der Waals surface area contributed by atoms with Crippen LogP contribution in [0.25, 0.3) is 77.3 Å². The van der Waals surface area contributed by atoms with E-state index in [0.29, 0.717) is 5.82 Å². The van der Waals surface area contributed by atoms with Gasteiger partial charge in [0.1, 0.15) is 0 Å². The SMILES string of the molecule is O=P(c1ccccc1)(c1ccccc1)c1cccc(-c2nc3ccccc3c3c2cc(-c2nc(-c4ccccc4)nc4ccccc24)c2ccccc23)c1. The Morgan fingerprint density at radius 2 is 0.870 bits per heavy atom. The standard InChI is InChI=1S/C49H32N3OP/c53-54(35-20-6-2-7-21-35,36-22-8-3-9-23-36)37-24-16-19-34(31-37)47-43-32-42(38-25-10-11-26-39(38)46(43)40-27-12-14-29-44(40)50-47)48-41-28-13-15-30-45(41)51-49(52-48)33-17-4-1-5-18-33/h1-32H. The minimum absolute atomic E-state index is 0.676. The molecule has 0 radical (unpaired) electrons. The summed E-state index contributed by atoms with van der Waals surface area (Å²) in [5.74, 6) is 0.676. The fourth-order valence-electron chi connectivity index (χ4n) is 7.80. The van der Waals surface area contributed by atoms with Crippen molar-refractivity contribution in [1.82, 2.24) is 15.0 Å². The molecule has 0 aliphatic heterocycles. The molecule has 0 bridgehead atoms. The predicted octanol–water partition coefficient (Wildman–Crippen LogP) is 11.1. The molecule has 8 aromatic carbocycles. The molecule has 2 heterocycles. The van der Waals surface area contributed by atoms with Crippen LogP contribution in [-0.2, 0) is 4.57 Å². The molecule has 0 saturated heterocycles. The third-order valence-electron chi connectivity index (χ3n) is 10.3. The smallest absolute Gasteiger partial charge is 0.171 e. The van der Waals surface area contributed by atoms with Crippen molar-refractivity contribution in [2.45, 2.75) is 0 Å². The Morgan fingerprint density at radius 1 is 0.352 bits per heavy atom. The van der Waals surface area contributed by atoms with E-state index in [1.165, 1.54) is 0 Å². The summed E-state index contributed by atoms with van der Waals surface area (Å²) in [5.41, 5.74) is 6.33. The highest BCUT2D eigenvalue weighted by atomic mass is 31.2. The van der Waals surface area contributed by atoms with E-state index < -0.39 is 7.14 Å². The molecule has 0 spiro atoms. The van der Waals surface area contributed by atoms with Crippen molar-refractivity contribution in [2.75, 3.05) is 0 Å². The van der Waals surface area contributed by atoms with Gasteiger partial charge in [0.2, 0.25) is 0 Å². The minimum Gasteiger partial charge on any atom is -0.309 e. The number of nitrogens with zero attached hydrogens (tertiary/aromatic N) is 3. The lowest BCUT2D eigenvalue weighted by molar-refractivity contribution is 0.592. The summed E-state index contributed by atoms with van der Waals surface area (Å²) >= 11 is 0. The zero-order valence-corrected chi connectivity index (χ0v) is 30.1. The van der Waals surface area contributed by atoms with Gasteiger partial charge in [-0.1, -0.05) is 170 Å². The number of rotatable bonds is 6. The Bertz CT molecular complexity index is 3030. The van der Waals surface area contributed by atoms with Crippen LogP contribution in [0.4, 0.5) is 0 Å². The van der Waals surface area contributed by atoms with Crippen molar-refractivity contribution in [3.63, 3.8) is 0 Å². The number of hydrogen-bond donors (Lipinski definition) is 0. The zero-order valence-electron chi connectivity index (χ0n) is 29.2. The molecule has 0 unspecified atom stereocenters. The van der Waals surface area contributed by atoms with Crippen LogP contribution in [0.5, 0.6) is 0 Å². The lowest BCUT2D eigenvalue weighted by atomic mass is 9.90. The van der Waals surface area contributed by atoms with E-state index in [4.69, 9.17) is 15.0 Å². The Morgan fingerprint density at radius 3 is 1.56 bits per heavy atom. The molecular weight excluding hydrogens is 678 g/mol. The second-order valence-corrected chi connectivity index (χ2v) is 16.2. The third kappa shape index (κ3) is 5.23. The van der Waals surface area contributed by atoms with Gasteiger partial charge in [-0.05, 0) is 35.0 Å². The highest BCUT2D eigenvalue weighted by Crippen LogP contribution is 2.45. The average Bonchev–Trinajstić information content (AvgIpc) is 3.26. The summed E-state index contributed by atoms with van der Waals surface area (Å²) in [6.45, 7) is 0. The lowest BCUT2D eigenvalue weighted by Crippen LogP contribution is -2.25. The molecule has 10 aromatic rings. The molecule has 0 amide bonds. The molecule has 5 heteroatoms. The van der Waals surface area contributed by atoms with Gasteiger partial charge in [0.05, 0.1) is 22.4 Å². The van der Waals surface area contributed by atoms with Crippen molar-refractivity contribution < 1.29 is 4.57 Å². The molecule has 0 aliphatic rings. The lowest BCUT2D eigenvalue weighted by Gasteiger charge is -2.21. The molecule has 2 aromatic heterocycles. The average molecular weight is 710 g/mol. The van der Waals surface area contributed by atoms with E-state index in [1.807, 2.05) is 109 Å². The minimum atomic E-state index is -3.24. The number of hydrogen-bond acceptors (Lipinski definition) is 4. The van der Waals surface area contributed by atoms with Gasteiger partial charge < -0.3 is 4.57 Å². The van der Waals surface area contributed by atoms with Gasteiger partial charge in [-0.3, -0.25) is 0 Å². The summed E-state index contributed by atoms with van der Waals surface area (Å²) in [6, 6.07) is 65.4. The van der Waals surface area contributed by atoms with Crippen LogP contribution in [0.1, 0.15) is 0 Å². The molecule has 0 fully saturated rings. The molecular formula is C49H32N3OP. The molecule has 0 N–H and O–H groups in total. The van der Waals surface area contributed by atoms with Crippen molar-refractivity contribution in [1.29, 1.82) is 0 Å². The van der Waals surface area contributed by atoms with Gasteiger partial charge in [-0.25, -0.2) is 15.0 Å². The van der Waals surface area contributed by atoms with Gasteiger partial charge in [-0.2, -0.15) is 0 Å². The maximum absolute atomic E-state index is 15.5. The van der Waals surface area contributed by atoms with Crippen LogP contribution in [0, 0.1) is 0 Å². The quantitative estimate of drug-likeness (QED) is 0.127. The Kier molecular flexibility index (Phi) is 7.71. The monoisotopic (exact) mass is 709 g/mol. The molecule has 54 heavy (non-hydrogen) atoms. The van der Waals surface area contributed by atoms with Crippen molar-refractivity contribution in [3.05, 3.63) is 194 Å². The van der Waals surface area contributed by atoms with Gasteiger partial charge in [0, 0.05) is 54.1 Å². The second kappa shape index (κ2) is 13.0.